The molecule has 1 saturated heterocycles. The quantitative estimate of drug-likeness (QED) is 0.670. The summed E-state index contributed by atoms with van der Waals surface area (Å²) in [6.07, 6.45) is 0. The lowest BCUT2D eigenvalue weighted by atomic mass is 10.2. The Kier molecular flexibility index (Phi) is 5.46. The number of nitrogens with zero attached hydrogens (tertiary/aromatic N) is 4. The number of ether oxygens (including phenoxy) is 1. The molecule has 6 heteroatoms. The van der Waals surface area contributed by atoms with E-state index in [4.69, 9.17) is 9.26 Å². The molecule has 0 atom stereocenters. The van der Waals surface area contributed by atoms with Crippen LogP contribution in [0.2, 0.25) is 0 Å². The van der Waals surface area contributed by atoms with E-state index in [0.29, 0.717) is 18.3 Å². The Hall–Kier alpha value is -2.70. The number of hydrogen-bond acceptors (Lipinski definition) is 6. The molecule has 1 fully saturated rings. The van der Waals surface area contributed by atoms with E-state index in [1.807, 2.05) is 24.3 Å². The highest BCUT2D eigenvalue weighted by Gasteiger charge is 2.19. The molecule has 4 rings (SSSR count). The van der Waals surface area contributed by atoms with E-state index < -0.39 is 0 Å². The van der Waals surface area contributed by atoms with Crippen molar-refractivity contribution in [3.8, 4) is 17.1 Å². The molecule has 2 heterocycles. The van der Waals surface area contributed by atoms with Gasteiger partial charge in [0.25, 0.3) is 0 Å². The van der Waals surface area contributed by atoms with Crippen LogP contribution in [0.5, 0.6) is 5.75 Å². The zero-order valence-corrected chi connectivity index (χ0v) is 15.5. The second-order valence-electron chi connectivity index (χ2n) is 6.78. The van der Waals surface area contributed by atoms with Gasteiger partial charge in [-0.15, -0.1) is 0 Å². The maximum Gasteiger partial charge on any atom is 0.241 e. The van der Waals surface area contributed by atoms with E-state index in [-0.39, 0.29) is 0 Å². The van der Waals surface area contributed by atoms with Crippen molar-refractivity contribution in [3.05, 3.63) is 66.1 Å². The van der Waals surface area contributed by atoms with E-state index in [0.717, 1.165) is 44.0 Å². The van der Waals surface area contributed by atoms with Crippen LogP contribution in [0.15, 0.2) is 59.1 Å². The van der Waals surface area contributed by atoms with Crippen molar-refractivity contribution in [2.75, 3.05) is 33.3 Å². The maximum atomic E-state index is 5.46. The molecule has 6 nitrogen and oxygen atoms in total. The second kappa shape index (κ2) is 8.33. The van der Waals surface area contributed by atoms with Gasteiger partial charge in [-0.2, -0.15) is 4.98 Å². The van der Waals surface area contributed by atoms with Gasteiger partial charge >= 0.3 is 0 Å². The Morgan fingerprint density at radius 3 is 2.41 bits per heavy atom. The van der Waals surface area contributed by atoms with Crippen LogP contribution < -0.4 is 4.74 Å². The van der Waals surface area contributed by atoms with Gasteiger partial charge in [-0.3, -0.25) is 9.80 Å². The highest BCUT2D eigenvalue weighted by Crippen LogP contribution is 2.21. The van der Waals surface area contributed by atoms with Gasteiger partial charge in [0, 0.05) is 38.3 Å². The third-order valence-corrected chi connectivity index (χ3v) is 4.87. The van der Waals surface area contributed by atoms with Crippen molar-refractivity contribution in [1.29, 1.82) is 0 Å². The minimum absolute atomic E-state index is 0.603. The number of aromatic nitrogens is 2. The molecule has 1 aliphatic rings. The lowest BCUT2D eigenvalue weighted by Gasteiger charge is -2.33. The normalized spacial score (nSPS) is 15.7. The Bertz CT molecular complexity index is 857. The summed E-state index contributed by atoms with van der Waals surface area (Å²) in [6, 6.07) is 18.3. The molecule has 0 bridgehead atoms. The number of hydrogen-bond donors (Lipinski definition) is 0. The molecular formula is C21H24N4O2. The van der Waals surface area contributed by atoms with Crippen LogP contribution in [0, 0.1) is 0 Å². The summed E-state index contributed by atoms with van der Waals surface area (Å²) in [5.74, 6) is 2.05. The third kappa shape index (κ3) is 4.53. The van der Waals surface area contributed by atoms with Crippen LogP contribution in [0.3, 0.4) is 0 Å². The van der Waals surface area contributed by atoms with Crippen LogP contribution in [-0.2, 0) is 13.1 Å². The summed E-state index contributed by atoms with van der Waals surface area (Å²) < 4.78 is 10.7. The minimum atomic E-state index is 0.603. The smallest absolute Gasteiger partial charge is 0.241 e. The van der Waals surface area contributed by atoms with Gasteiger partial charge in [-0.05, 0) is 17.7 Å². The molecular weight excluding hydrogens is 340 g/mol. The first kappa shape index (κ1) is 17.7. The highest BCUT2D eigenvalue weighted by atomic mass is 16.5. The summed E-state index contributed by atoms with van der Waals surface area (Å²) in [5.41, 5.74) is 2.27. The van der Waals surface area contributed by atoms with Crippen molar-refractivity contribution < 1.29 is 9.26 Å². The number of rotatable bonds is 6. The standard InChI is InChI=1S/C21H24N4O2/c1-26-19-9-5-8-18(14-19)21-22-20(27-23-21)16-25-12-10-24(11-13-25)15-17-6-3-2-4-7-17/h2-9,14H,10-13,15-16H2,1H3. The summed E-state index contributed by atoms with van der Waals surface area (Å²) in [7, 11) is 1.65. The fourth-order valence-corrected chi connectivity index (χ4v) is 3.34. The van der Waals surface area contributed by atoms with E-state index in [1.54, 1.807) is 7.11 Å². The summed E-state index contributed by atoms with van der Waals surface area (Å²) in [4.78, 5) is 9.40. The minimum Gasteiger partial charge on any atom is -0.497 e. The van der Waals surface area contributed by atoms with Crippen molar-refractivity contribution in [1.82, 2.24) is 19.9 Å². The molecule has 27 heavy (non-hydrogen) atoms. The molecule has 0 unspecified atom stereocenters. The van der Waals surface area contributed by atoms with Crippen molar-refractivity contribution in [2.45, 2.75) is 13.1 Å². The zero-order chi connectivity index (χ0) is 18.5. The van der Waals surface area contributed by atoms with Gasteiger partial charge < -0.3 is 9.26 Å². The molecule has 0 N–H and O–H groups in total. The van der Waals surface area contributed by atoms with Crippen LogP contribution in [0.1, 0.15) is 11.5 Å². The SMILES string of the molecule is COc1cccc(-c2noc(CN3CCN(Cc4ccccc4)CC3)n2)c1. The average Bonchev–Trinajstić information content (AvgIpc) is 3.19. The Labute approximate surface area is 159 Å². The topological polar surface area (TPSA) is 54.6 Å². The van der Waals surface area contributed by atoms with Crippen molar-refractivity contribution in [2.24, 2.45) is 0 Å². The van der Waals surface area contributed by atoms with Gasteiger partial charge in [0.15, 0.2) is 0 Å². The first-order valence-corrected chi connectivity index (χ1v) is 9.26. The lowest BCUT2D eigenvalue weighted by molar-refractivity contribution is 0.112. The molecule has 0 radical (unpaired) electrons. The van der Waals surface area contributed by atoms with Crippen LogP contribution >= 0.6 is 0 Å². The van der Waals surface area contributed by atoms with Gasteiger partial charge in [0.05, 0.1) is 13.7 Å². The van der Waals surface area contributed by atoms with Crippen LogP contribution in [-0.4, -0.2) is 53.2 Å². The molecule has 2 aromatic carbocycles. The summed E-state index contributed by atoms with van der Waals surface area (Å²) in [6.45, 7) is 5.80. The first-order chi connectivity index (χ1) is 13.3. The Balaban J connectivity index is 1.31. The zero-order valence-electron chi connectivity index (χ0n) is 15.5. The summed E-state index contributed by atoms with van der Waals surface area (Å²) >= 11 is 0. The van der Waals surface area contributed by atoms with Crippen LogP contribution in [0.25, 0.3) is 11.4 Å². The van der Waals surface area contributed by atoms with Crippen molar-refractivity contribution >= 4 is 0 Å². The van der Waals surface area contributed by atoms with Gasteiger partial charge in [-0.25, -0.2) is 0 Å². The third-order valence-electron chi connectivity index (χ3n) is 4.87. The maximum absolute atomic E-state index is 5.46. The fourth-order valence-electron chi connectivity index (χ4n) is 3.34. The second-order valence-corrected chi connectivity index (χ2v) is 6.78. The highest BCUT2D eigenvalue weighted by molar-refractivity contribution is 5.56. The largest absolute Gasteiger partial charge is 0.497 e. The number of benzene rings is 2. The molecule has 0 aliphatic carbocycles. The molecule has 0 spiro atoms. The fraction of sp³-hybridized carbons (Fsp3) is 0.333. The molecule has 1 aromatic heterocycles. The molecule has 0 amide bonds. The Morgan fingerprint density at radius 1 is 0.926 bits per heavy atom. The van der Waals surface area contributed by atoms with Gasteiger partial charge in [-0.1, -0.05) is 47.6 Å². The van der Waals surface area contributed by atoms with E-state index in [2.05, 4.69) is 50.3 Å². The first-order valence-electron chi connectivity index (χ1n) is 9.26. The molecule has 1 aliphatic heterocycles. The Morgan fingerprint density at radius 2 is 1.67 bits per heavy atom. The molecule has 140 valence electrons. The van der Waals surface area contributed by atoms with Gasteiger partial charge in [0.1, 0.15) is 5.75 Å². The molecule has 0 saturated carbocycles. The predicted octanol–water partition coefficient (Wildman–Crippen LogP) is 3.06. The lowest BCUT2D eigenvalue weighted by Crippen LogP contribution is -2.45. The number of methoxy groups -OCH3 is 1. The number of piperazine rings is 1. The average molecular weight is 364 g/mol. The van der Waals surface area contributed by atoms with E-state index in [1.165, 1.54) is 5.56 Å². The monoisotopic (exact) mass is 364 g/mol. The molecule has 3 aromatic rings. The van der Waals surface area contributed by atoms with Crippen molar-refractivity contribution in [3.63, 3.8) is 0 Å². The van der Waals surface area contributed by atoms with E-state index in [9.17, 15) is 0 Å². The van der Waals surface area contributed by atoms with E-state index >= 15 is 0 Å². The van der Waals surface area contributed by atoms with Crippen LogP contribution in [0.4, 0.5) is 0 Å². The van der Waals surface area contributed by atoms with Gasteiger partial charge in [0.2, 0.25) is 11.7 Å². The summed E-state index contributed by atoms with van der Waals surface area (Å²) in [5, 5.41) is 4.12. The predicted molar refractivity (Wildman–Crippen MR) is 103 cm³/mol.